The number of piperazine rings is 1. The van der Waals surface area contributed by atoms with Crippen molar-refractivity contribution < 1.29 is 14.4 Å². The van der Waals surface area contributed by atoms with Gasteiger partial charge in [-0.05, 0) is 36.5 Å². The van der Waals surface area contributed by atoms with Gasteiger partial charge in [-0.3, -0.25) is 14.4 Å². The zero-order valence-corrected chi connectivity index (χ0v) is 14.8. The average molecular weight is 343 g/mol. The van der Waals surface area contributed by atoms with E-state index < -0.39 is 0 Å². The third kappa shape index (κ3) is 4.00. The maximum atomic E-state index is 12.7. The van der Waals surface area contributed by atoms with Gasteiger partial charge < -0.3 is 15.1 Å². The molecule has 25 heavy (non-hydrogen) atoms. The van der Waals surface area contributed by atoms with Crippen molar-refractivity contribution in [2.75, 3.05) is 26.7 Å². The highest BCUT2D eigenvalue weighted by molar-refractivity contribution is 5.94. The Hall–Kier alpha value is -2.37. The Bertz CT molecular complexity index is 684. The number of rotatable bonds is 4. The lowest BCUT2D eigenvalue weighted by Gasteiger charge is -2.41. The number of nitrogens with zero attached hydrogens (tertiary/aromatic N) is 2. The van der Waals surface area contributed by atoms with E-state index in [1.165, 1.54) is 0 Å². The maximum absolute atomic E-state index is 12.7. The first-order valence-corrected chi connectivity index (χ1v) is 8.86. The molecule has 0 spiro atoms. The summed E-state index contributed by atoms with van der Waals surface area (Å²) in [5.41, 5.74) is 1.46. The number of nitrogens with one attached hydrogen (secondary N) is 1. The number of carbonyl (C=O) groups excluding carboxylic acids is 3. The van der Waals surface area contributed by atoms with E-state index in [0.29, 0.717) is 37.5 Å². The van der Waals surface area contributed by atoms with Gasteiger partial charge in [0.2, 0.25) is 11.8 Å². The van der Waals surface area contributed by atoms with E-state index in [9.17, 15) is 14.4 Å². The van der Waals surface area contributed by atoms with E-state index in [2.05, 4.69) is 5.32 Å². The Morgan fingerprint density at radius 3 is 2.60 bits per heavy atom. The van der Waals surface area contributed by atoms with Crippen molar-refractivity contribution in [3.8, 4) is 0 Å². The molecule has 1 saturated carbocycles. The van der Waals surface area contributed by atoms with Crippen LogP contribution in [0.5, 0.6) is 0 Å². The summed E-state index contributed by atoms with van der Waals surface area (Å²) in [6.45, 7) is 3.14. The smallest absolute Gasteiger partial charge is 0.251 e. The molecule has 3 rings (SSSR count). The van der Waals surface area contributed by atoms with Crippen LogP contribution in [-0.4, -0.2) is 54.2 Å². The van der Waals surface area contributed by atoms with Crippen LogP contribution in [0.2, 0.25) is 0 Å². The third-order valence-corrected chi connectivity index (χ3v) is 5.07. The van der Waals surface area contributed by atoms with Crippen LogP contribution in [0.4, 0.5) is 0 Å². The summed E-state index contributed by atoms with van der Waals surface area (Å²) in [7, 11) is 1.60. The van der Waals surface area contributed by atoms with Crippen LogP contribution < -0.4 is 5.32 Å². The molecule has 6 heteroatoms. The quantitative estimate of drug-likeness (QED) is 0.902. The van der Waals surface area contributed by atoms with Crippen LogP contribution in [0.15, 0.2) is 24.3 Å². The normalized spacial score (nSPS) is 20.3. The van der Waals surface area contributed by atoms with Gasteiger partial charge in [-0.2, -0.15) is 0 Å². The van der Waals surface area contributed by atoms with Crippen molar-refractivity contribution >= 4 is 17.7 Å². The molecule has 0 unspecified atom stereocenters. The lowest BCUT2D eigenvalue weighted by atomic mass is 9.99. The van der Waals surface area contributed by atoms with Crippen molar-refractivity contribution in [3.63, 3.8) is 0 Å². The van der Waals surface area contributed by atoms with Crippen LogP contribution in [-0.2, 0) is 9.59 Å². The molecule has 1 aliphatic heterocycles. The molecule has 1 atom stereocenters. The zero-order valence-electron chi connectivity index (χ0n) is 14.8. The Morgan fingerprint density at radius 2 is 1.96 bits per heavy atom. The van der Waals surface area contributed by atoms with Crippen molar-refractivity contribution in [1.82, 2.24) is 15.1 Å². The van der Waals surface area contributed by atoms with E-state index in [1.54, 1.807) is 24.9 Å². The summed E-state index contributed by atoms with van der Waals surface area (Å²) in [5, 5.41) is 2.62. The van der Waals surface area contributed by atoms with Gasteiger partial charge in [0.1, 0.15) is 0 Å². The van der Waals surface area contributed by atoms with Gasteiger partial charge in [0.25, 0.3) is 5.91 Å². The minimum Gasteiger partial charge on any atom is -0.355 e. The molecule has 134 valence electrons. The van der Waals surface area contributed by atoms with E-state index in [4.69, 9.17) is 0 Å². The molecule has 3 amide bonds. The van der Waals surface area contributed by atoms with Gasteiger partial charge in [0, 0.05) is 45.6 Å². The lowest BCUT2D eigenvalue weighted by Crippen LogP contribution is -2.52. The summed E-state index contributed by atoms with van der Waals surface area (Å²) >= 11 is 0. The first kappa shape index (κ1) is 17.5. The minimum atomic E-state index is -0.200. The second kappa shape index (κ2) is 7.25. The van der Waals surface area contributed by atoms with Crippen molar-refractivity contribution in [1.29, 1.82) is 0 Å². The van der Waals surface area contributed by atoms with E-state index in [0.717, 1.165) is 18.4 Å². The van der Waals surface area contributed by atoms with Crippen LogP contribution in [0.25, 0.3) is 0 Å². The molecule has 1 heterocycles. The molecule has 1 N–H and O–H groups in total. The van der Waals surface area contributed by atoms with Crippen LogP contribution in [0.1, 0.15) is 48.1 Å². The zero-order chi connectivity index (χ0) is 18.0. The molecule has 1 saturated heterocycles. The second-order valence-electron chi connectivity index (χ2n) is 6.92. The summed E-state index contributed by atoms with van der Waals surface area (Å²) in [5.74, 6) is 0.538. The molecular formula is C19H25N3O3. The van der Waals surface area contributed by atoms with E-state index in [1.807, 2.05) is 23.1 Å². The van der Waals surface area contributed by atoms with Gasteiger partial charge >= 0.3 is 0 Å². The topological polar surface area (TPSA) is 69.7 Å². The summed E-state index contributed by atoms with van der Waals surface area (Å²) in [6, 6.07) is 7.14. The first-order valence-electron chi connectivity index (χ1n) is 8.86. The lowest BCUT2D eigenvalue weighted by molar-refractivity contribution is -0.142. The van der Waals surface area contributed by atoms with E-state index in [-0.39, 0.29) is 23.8 Å². The van der Waals surface area contributed by atoms with Crippen molar-refractivity contribution in [2.24, 2.45) is 5.92 Å². The van der Waals surface area contributed by atoms with Crippen LogP contribution in [0.3, 0.4) is 0 Å². The van der Waals surface area contributed by atoms with Gasteiger partial charge in [0.15, 0.2) is 0 Å². The average Bonchev–Trinajstić information content (AvgIpc) is 3.44. The third-order valence-electron chi connectivity index (χ3n) is 5.07. The molecule has 1 aliphatic carbocycles. The SMILES string of the molecule is CNC(=O)c1cccc([C@H]2CN(C(C)=O)CCN2C(=O)CC2CC2)c1. The van der Waals surface area contributed by atoms with Gasteiger partial charge in [0.05, 0.1) is 6.04 Å². The number of benzene rings is 1. The minimum absolute atomic E-state index is 0.0155. The molecule has 0 aromatic heterocycles. The van der Waals surface area contributed by atoms with Crippen molar-refractivity contribution in [2.45, 2.75) is 32.2 Å². The van der Waals surface area contributed by atoms with Gasteiger partial charge in [-0.1, -0.05) is 12.1 Å². The highest BCUT2D eigenvalue weighted by Gasteiger charge is 2.35. The Labute approximate surface area is 148 Å². The molecule has 2 aliphatic rings. The first-order chi connectivity index (χ1) is 12.0. The summed E-state index contributed by atoms with van der Waals surface area (Å²) in [4.78, 5) is 40.1. The van der Waals surface area contributed by atoms with E-state index >= 15 is 0 Å². The van der Waals surface area contributed by atoms with Crippen LogP contribution >= 0.6 is 0 Å². The number of amides is 3. The molecular weight excluding hydrogens is 318 g/mol. The van der Waals surface area contributed by atoms with Crippen LogP contribution in [0, 0.1) is 5.92 Å². The number of hydrogen-bond donors (Lipinski definition) is 1. The fraction of sp³-hybridized carbons (Fsp3) is 0.526. The second-order valence-corrected chi connectivity index (χ2v) is 6.92. The summed E-state index contributed by atoms with van der Waals surface area (Å²) in [6.07, 6.45) is 2.86. The largest absolute Gasteiger partial charge is 0.355 e. The predicted octanol–water partition coefficient (Wildman–Crippen LogP) is 1.58. The number of carbonyl (C=O) groups is 3. The molecule has 1 aromatic carbocycles. The van der Waals surface area contributed by atoms with Gasteiger partial charge in [-0.25, -0.2) is 0 Å². The molecule has 0 bridgehead atoms. The molecule has 0 radical (unpaired) electrons. The fourth-order valence-corrected chi connectivity index (χ4v) is 3.37. The predicted molar refractivity (Wildman–Crippen MR) is 93.9 cm³/mol. The molecule has 6 nitrogen and oxygen atoms in total. The van der Waals surface area contributed by atoms with Crippen molar-refractivity contribution in [3.05, 3.63) is 35.4 Å². The highest BCUT2D eigenvalue weighted by atomic mass is 16.2. The monoisotopic (exact) mass is 343 g/mol. The Morgan fingerprint density at radius 1 is 1.20 bits per heavy atom. The Balaban J connectivity index is 1.86. The standard InChI is InChI=1S/C19H25N3O3/c1-13(23)21-8-9-22(18(24)10-14-6-7-14)17(12-21)15-4-3-5-16(11-15)19(25)20-2/h3-5,11,14,17H,6-10,12H2,1-2H3,(H,20,25)/t17-/m1/s1. The highest BCUT2D eigenvalue weighted by Crippen LogP contribution is 2.35. The van der Waals surface area contributed by atoms with Gasteiger partial charge in [-0.15, -0.1) is 0 Å². The number of hydrogen-bond acceptors (Lipinski definition) is 3. The molecule has 1 aromatic rings. The fourth-order valence-electron chi connectivity index (χ4n) is 3.37. The maximum Gasteiger partial charge on any atom is 0.251 e. The Kier molecular flexibility index (Phi) is 5.06. The summed E-state index contributed by atoms with van der Waals surface area (Å²) < 4.78 is 0. The molecule has 2 fully saturated rings.